The summed E-state index contributed by atoms with van der Waals surface area (Å²) < 4.78 is 7.29. The summed E-state index contributed by atoms with van der Waals surface area (Å²) in [5.74, 6) is -0.0646. The first-order valence-corrected chi connectivity index (χ1v) is 11.2. The molecule has 1 N–H and O–H groups in total. The Morgan fingerprint density at radius 3 is 2.79 bits per heavy atom. The summed E-state index contributed by atoms with van der Waals surface area (Å²) in [5, 5.41) is 13.2. The van der Waals surface area contributed by atoms with Crippen molar-refractivity contribution in [3.8, 4) is 17.7 Å². The number of pyridine rings is 1. The van der Waals surface area contributed by atoms with Crippen molar-refractivity contribution in [1.82, 2.24) is 14.7 Å². The first kappa shape index (κ1) is 22.6. The second-order valence-electron chi connectivity index (χ2n) is 8.06. The van der Waals surface area contributed by atoms with E-state index in [4.69, 9.17) is 16.3 Å². The van der Waals surface area contributed by atoms with Crippen molar-refractivity contribution in [1.29, 1.82) is 5.26 Å². The number of benzene rings is 1. The second kappa shape index (κ2) is 9.88. The topological polar surface area (TPSA) is 96.5 Å². The predicted octanol–water partition coefficient (Wildman–Crippen LogP) is 4.80. The van der Waals surface area contributed by atoms with Crippen LogP contribution in [0.1, 0.15) is 43.2 Å². The van der Waals surface area contributed by atoms with Gasteiger partial charge in [0, 0.05) is 17.3 Å². The van der Waals surface area contributed by atoms with Gasteiger partial charge >= 0.3 is 0 Å². The zero-order valence-electron chi connectivity index (χ0n) is 18.2. The number of ether oxygens (including phenoxy) is 1. The lowest BCUT2D eigenvalue weighted by Crippen LogP contribution is -2.36. The van der Waals surface area contributed by atoms with E-state index in [1.165, 1.54) is 10.5 Å². The molecule has 4 rings (SSSR count). The molecule has 1 saturated carbocycles. The van der Waals surface area contributed by atoms with E-state index in [1.54, 1.807) is 42.6 Å². The van der Waals surface area contributed by atoms with Gasteiger partial charge in [0.1, 0.15) is 28.6 Å². The molecule has 0 atom stereocenters. The van der Waals surface area contributed by atoms with Crippen molar-refractivity contribution in [2.24, 2.45) is 0 Å². The molecule has 1 aliphatic rings. The van der Waals surface area contributed by atoms with Crippen LogP contribution in [0.15, 0.2) is 53.0 Å². The number of carbonyl (C=O) groups excluding carboxylic acids is 1. The highest BCUT2D eigenvalue weighted by atomic mass is 35.5. The lowest BCUT2D eigenvalue weighted by Gasteiger charge is -2.22. The highest BCUT2D eigenvalue weighted by Gasteiger charge is 2.21. The van der Waals surface area contributed by atoms with Gasteiger partial charge in [0.2, 0.25) is 5.88 Å². The first-order valence-electron chi connectivity index (χ1n) is 10.8. The van der Waals surface area contributed by atoms with Crippen molar-refractivity contribution in [2.45, 2.75) is 45.1 Å². The maximum absolute atomic E-state index is 13.3. The molecule has 168 valence electrons. The summed E-state index contributed by atoms with van der Waals surface area (Å²) in [4.78, 5) is 30.5. The Hall–Kier alpha value is -3.63. The highest BCUT2D eigenvalue weighted by Crippen LogP contribution is 2.27. The number of nitrogens with one attached hydrogen (secondary N) is 1. The van der Waals surface area contributed by atoms with Gasteiger partial charge in [0.05, 0.1) is 0 Å². The van der Waals surface area contributed by atoms with Gasteiger partial charge in [-0.05, 0) is 61.7 Å². The van der Waals surface area contributed by atoms with Crippen LogP contribution < -0.4 is 15.6 Å². The van der Waals surface area contributed by atoms with E-state index in [1.807, 2.05) is 13.0 Å². The summed E-state index contributed by atoms with van der Waals surface area (Å²) in [6, 6.07) is 12.2. The Morgan fingerprint density at radius 1 is 1.27 bits per heavy atom. The van der Waals surface area contributed by atoms with Gasteiger partial charge in [-0.15, -0.1) is 0 Å². The van der Waals surface area contributed by atoms with Crippen LogP contribution in [0.25, 0.3) is 11.7 Å². The van der Waals surface area contributed by atoms with E-state index in [0.717, 1.165) is 37.7 Å². The third kappa shape index (κ3) is 5.07. The average Bonchev–Trinajstić information content (AvgIpc) is 2.82. The number of carbonyl (C=O) groups is 1. The van der Waals surface area contributed by atoms with E-state index in [2.05, 4.69) is 10.3 Å². The minimum Gasteiger partial charge on any atom is -0.438 e. The summed E-state index contributed by atoms with van der Waals surface area (Å²) in [6.07, 6.45) is 7.84. The van der Waals surface area contributed by atoms with Gasteiger partial charge in [-0.1, -0.05) is 36.9 Å². The van der Waals surface area contributed by atoms with Gasteiger partial charge in [-0.3, -0.25) is 14.0 Å². The Labute approximate surface area is 196 Å². The molecule has 1 aliphatic carbocycles. The van der Waals surface area contributed by atoms with Crippen LogP contribution >= 0.6 is 11.6 Å². The molecule has 0 aliphatic heterocycles. The van der Waals surface area contributed by atoms with E-state index >= 15 is 0 Å². The molecule has 1 aromatic carbocycles. The van der Waals surface area contributed by atoms with Crippen LogP contribution in [-0.2, 0) is 4.79 Å². The van der Waals surface area contributed by atoms with Crippen LogP contribution in [0, 0.1) is 18.3 Å². The molecule has 0 saturated heterocycles. The number of aryl methyl sites for hydroxylation is 1. The number of nitrogens with zero attached hydrogens (tertiary/aromatic N) is 3. The molecule has 33 heavy (non-hydrogen) atoms. The fourth-order valence-electron chi connectivity index (χ4n) is 3.88. The standard InChI is InChI=1S/C25H23ClN4O3/c1-16-13-19(10-11-21(16)26)33-24-20(25(32)30-12-6-5-9-22(30)29-24)14-17(15-27)23(31)28-18-7-3-2-4-8-18/h5-6,9-14,18H,2-4,7-8H2,1H3,(H,28,31)/b17-14+. The fourth-order valence-corrected chi connectivity index (χ4v) is 4.00. The molecule has 1 fully saturated rings. The van der Waals surface area contributed by atoms with Gasteiger partial charge in [0.25, 0.3) is 11.5 Å². The van der Waals surface area contributed by atoms with E-state index < -0.39 is 11.5 Å². The number of amides is 1. The summed E-state index contributed by atoms with van der Waals surface area (Å²) >= 11 is 6.11. The monoisotopic (exact) mass is 462 g/mol. The van der Waals surface area contributed by atoms with Crippen molar-refractivity contribution in [2.75, 3.05) is 0 Å². The molecule has 0 spiro atoms. The molecule has 0 bridgehead atoms. The number of hydrogen-bond donors (Lipinski definition) is 1. The van der Waals surface area contributed by atoms with E-state index in [-0.39, 0.29) is 23.1 Å². The van der Waals surface area contributed by atoms with E-state index in [0.29, 0.717) is 16.4 Å². The van der Waals surface area contributed by atoms with Gasteiger partial charge in [-0.25, -0.2) is 0 Å². The van der Waals surface area contributed by atoms with Crippen LogP contribution in [-0.4, -0.2) is 21.3 Å². The number of hydrogen-bond acceptors (Lipinski definition) is 5. The minimum absolute atomic E-state index is 0.00568. The Morgan fingerprint density at radius 2 is 2.06 bits per heavy atom. The fraction of sp³-hybridized carbons (Fsp3) is 0.280. The van der Waals surface area contributed by atoms with Crippen molar-refractivity contribution < 1.29 is 9.53 Å². The molecule has 0 radical (unpaired) electrons. The molecule has 2 heterocycles. The first-order chi connectivity index (χ1) is 16.0. The average molecular weight is 463 g/mol. The summed E-state index contributed by atoms with van der Waals surface area (Å²) in [5.41, 5.74) is 0.576. The normalized spacial score (nSPS) is 14.6. The van der Waals surface area contributed by atoms with Gasteiger partial charge < -0.3 is 10.1 Å². The molecule has 3 aromatic rings. The zero-order chi connectivity index (χ0) is 23.4. The van der Waals surface area contributed by atoms with Crippen molar-refractivity contribution >= 4 is 29.2 Å². The third-order valence-corrected chi connectivity index (χ3v) is 6.10. The van der Waals surface area contributed by atoms with E-state index in [9.17, 15) is 14.9 Å². The molecule has 7 nitrogen and oxygen atoms in total. The lowest BCUT2D eigenvalue weighted by molar-refractivity contribution is -0.117. The lowest BCUT2D eigenvalue weighted by atomic mass is 9.95. The van der Waals surface area contributed by atoms with Crippen LogP contribution in [0.5, 0.6) is 11.6 Å². The number of halogens is 1. The Balaban J connectivity index is 1.76. The molecule has 1 amide bonds. The zero-order valence-corrected chi connectivity index (χ0v) is 18.9. The number of rotatable bonds is 5. The SMILES string of the molecule is Cc1cc(Oc2nc3ccccn3c(=O)c2/C=C(\C#N)C(=O)NC2CCCCC2)ccc1Cl. The van der Waals surface area contributed by atoms with Gasteiger partial charge in [-0.2, -0.15) is 10.2 Å². The molecule has 0 unspecified atom stereocenters. The maximum atomic E-state index is 13.3. The predicted molar refractivity (Wildman–Crippen MR) is 126 cm³/mol. The minimum atomic E-state index is -0.504. The molecule has 8 heteroatoms. The third-order valence-electron chi connectivity index (χ3n) is 5.67. The Kier molecular flexibility index (Phi) is 6.76. The van der Waals surface area contributed by atoms with Crippen LogP contribution in [0.4, 0.5) is 0 Å². The van der Waals surface area contributed by atoms with Crippen LogP contribution in [0.3, 0.4) is 0 Å². The smallest absolute Gasteiger partial charge is 0.269 e. The molecular weight excluding hydrogens is 440 g/mol. The largest absolute Gasteiger partial charge is 0.438 e. The van der Waals surface area contributed by atoms with Crippen molar-refractivity contribution in [3.63, 3.8) is 0 Å². The quantitative estimate of drug-likeness (QED) is 0.433. The highest BCUT2D eigenvalue weighted by molar-refractivity contribution is 6.31. The maximum Gasteiger partial charge on any atom is 0.269 e. The number of nitriles is 1. The summed E-state index contributed by atoms with van der Waals surface area (Å²) in [6.45, 7) is 1.84. The Bertz CT molecular complexity index is 1330. The number of fused-ring (bicyclic) bond motifs is 1. The number of aromatic nitrogens is 2. The molecule has 2 aromatic heterocycles. The van der Waals surface area contributed by atoms with Crippen LogP contribution in [0.2, 0.25) is 5.02 Å². The van der Waals surface area contributed by atoms with Crippen molar-refractivity contribution in [3.05, 3.63) is 74.7 Å². The second-order valence-corrected chi connectivity index (χ2v) is 8.46. The molecular formula is C25H23ClN4O3. The summed E-state index contributed by atoms with van der Waals surface area (Å²) in [7, 11) is 0. The van der Waals surface area contributed by atoms with Gasteiger partial charge in [0.15, 0.2) is 0 Å².